The maximum atomic E-state index is 12.6. The van der Waals surface area contributed by atoms with Crippen molar-refractivity contribution in [1.29, 1.82) is 0 Å². The predicted molar refractivity (Wildman–Crippen MR) is 120 cm³/mol. The number of aldehydes is 1. The Bertz CT molecular complexity index is 1060. The van der Waals surface area contributed by atoms with Crippen LogP contribution < -0.4 is 11.1 Å². The Kier molecular flexibility index (Phi) is 5.65. The number of nitrogens with two attached hydrogens (primary N) is 1. The third kappa shape index (κ3) is 4.04. The van der Waals surface area contributed by atoms with Crippen molar-refractivity contribution in [2.75, 3.05) is 25.9 Å². The Morgan fingerprint density at radius 2 is 2.10 bits per heavy atom. The quantitative estimate of drug-likeness (QED) is 0.491. The predicted octanol–water partition coefficient (Wildman–Crippen LogP) is 4.18. The van der Waals surface area contributed by atoms with Crippen molar-refractivity contribution < 1.29 is 9.59 Å². The molecule has 1 amide bonds. The molecule has 1 saturated heterocycles. The molecular formula is C23H25N3O2S. The highest BCUT2D eigenvalue weighted by atomic mass is 32.1. The summed E-state index contributed by atoms with van der Waals surface area (Å²) < 4.78 is 0. The summed E-state index contributed by atoms with van der Waals surface area (Å²) in [6.45, 7) is 1.79. The fourth-order valence-corrected chi connectivity index (χ4v) is 4.89. The summed E-state index contributed by atoms with van der Waals surface area (Å²) in [5, 5.41) is 4.89. The van der Waals surface area contributed by atoms with E-state index >= 15 is 0 Å². The summed E-state index contributed by atoms with van der Waals surface area (Å²) >= 11 is 1.48. The maximum Gasteiger partial charge on any atom is 0.261 e. The molecule has 0 aliphatic carbocycles. The van der Waals surface area contributed by atoms with Crippen LogP contribution in [0.2, 0.25) is 0 Å². The number of nitrogens with zero attached hydrogens (tertiary/aromatic N) is 1. The summed E-state index contributed by atoms with van der Waals surface area (Å²) in [4.78, 5) is 28.0. The third-order valence-corrected chi connectivity index (χ3v) is 6.88. The van der Waals surface area contributed by atoms with Crippen molar-refractivity contribution >= 4 is 40.0 Å². The number of nitrogen functional groups attached to an aromatic ring is 1. The van der Waals surface area contributed by atoms with Crippen LogP contribution in [-0.2, 0) is 0 Å². The van der Waals surface area contributed by atoms with Crippen LogP contribution in [-0.4, -0.2) is 43.3 Å². The molecule has 0 spiro atoms. The number of hydrogen-bond donors (Lipinski definition) is 2. The minimum absolute atomic E-state index is 0.0166. The Balaban J connectivity index is 1.50. The van der Waals surface area contributed by atoms with Gasteiger partial charge in [0.25, 0.3) is 5.91 Å². The number of anilines is 1. The second-order valence-electron chi connectivity index (χ2n) is 7.63. The maximum absolute atomic E-state index is 12.6. The summed E-state index contributed by atoms with van der Waals surface area (Å²) in [5.41, 5.74) is 7.93. The molecule has 1 aliphatic heterocycles. The molecule has 1 atom stereocenters. The van der Waals surface area contributed by atoms with Crippen molar-refractivity contribution in [3.05, 3.63) is 52.9 Å². The standard InChI is InChI=1S/C23H25N3O2S/c1-26-11-3-2-4-17(26)13-25-23(28)22-10-9-21(29-22)16-5-7-18-15(12-16)6-8-20(24)19(18)14-27/h5-10,12,14,17H,2-4,11,13,24H2,1H3,(H,25,28). The molecule has 29 heavy (non-hydrogen) atoms. The van der Waals surface area contributed by atoms with Gasteiger partial charge in [-0.2, -0.15) is 0 Å². The number of piperidine rings is 1. The van der Waals surface area contributed by atoms with E-state index in [2.05, 4.69) is 17.3 Å². The first-order valence-electron chi connectivity index (χ1n) is 9.93. The monoisotopic (exact) mass is 407 g/mol. The van der Waals surface area contributed by atoms with E-state index in [4.69, 9.17) is 5.73 Å². The molecule has 4 rings (SSSR count). The van der Waals surface area contributed by atoms with E-state index in [1.807, 2.05) is 36.4 Å². The number of thiophene rings is 1. The van der Waals surface area contributed by atoms with Crippen LogP contribution in [0.3, 0.4) is 0 Å². The lowest BCUT2D eigenvalue weighted by atomic mass is 10.0. The fraction of sp³-hybridized carbons (Fsp3) is 0.304. The summed E-state index contributed by atoms with van der Waals surface area (Å²) in [6.07, 6.45) is 4.40. The zero-order chi connectivity index (χ0) is 20.4. The van der Waals surface area contributed by atoms with Gasteiger partial charge >= 0.3 is 0 Å². The molecule has 1 aliphatic rings. The van der Waals surface area contributed by atoms with E-state index in [-0.39, 0.29) is 5.91 Å². The molecule has 1 aromatic heterocycles. The van der Waals surface area contributed by atoms with Crippen molar-refractivity contribution in [3.8, 4) is 10.4 Å². The number of hydrogen-bond acceptors (Lipinski definition) is 5. The van der Waals surface area contributed by atoms with Gasteiger partial charge < -0.3 is 16.0 Å². The SMILES string of the molecule is CN1CCCCC1CNC(=O)c1ccc(-c2ccc3c(C=O)c(N)ccc3c2)s1. The molecule has 0 bridgehead atoms. The normalized spacial score (nSPS) is 17.3. The summed E-state index contributed by atoms with van der Waals surface area (Å²) in [7, 11) is 2.13. The molecule has 3 aromatic rings. The lowest BCUT2D eigenvalue weighted by Crippen LogP contribution is -2.44. The van der Waals surface area contributed by atoms with Crippen molar-refractivity contribution in [2.24, 2.45) is 0 Å². The molecule has 5 nitrogen and oxygen atoms in total. The van der Waals surface area contributed by atoms with Gasteiger partial charge in [0.2, 0.25) is 0 Å². The van der Waals surface area contributed by atoms with Crippen LogP contribution in [0.15, 0.2) is 42.5 Å². The van der Waals surface area contributed by atoms with Crippen molar-refractivity contribution in [2.45, 2.75) is 25.3 Å². The van der Waals surface area contributed by atoms with E-state index in [0.717, 1.165) is 40.5 Å². The first kappa shape index (κ1) is 19.6. The zero-order valence-corrected chi connectivity index (χ0v) is 17.3. The third-order valence-electron chi connectivity index (χ3n) is 5.75. The fourth-order valence-electron chi connectivity index (χ4n) is 3.97. The van der Waals surface area contributed by atoms with Gasteiger partial charge in [-0.05, 0) is 67.0 Å². The van der Waals surface area contributed by atoms with Crippen LogP contribution in [0.1, 0.15) is 39.3 Å². The van der Waals surface area contributed by atoms with Gasteiger partial charge in [0.1, 0.15) is 0 Å². The van der Waals surface area contributed by atoms with Gasteiger partial charge in [0.05, 0.1) is 4.88 Å². The highest BCUT2D eigenvalue weighted by Crippen LogP contribution is 2.32. The molecule has 150 valence electrons. The number of likely N-dealkylation sites (tertiary alicyclic amines) is 1. The van der Waals surface area contributed by atoms with E-state index < -0.39 is 0 Å². The molecular weight excluding hydrogens is 382 g/mol. The van der Waals surface area contributed by atoms with E-state index in [0.29, 0.717) is 28.7 Å². The lowest BCUT2D eigenvalue weighted by Gasteiger charge is -2.32. The Morgan fingerprint density at radius 3 is 2.90 bits per heavy atom. The van der Waals surface area contributed by atoms with Gasteiger partial charge in [-0.3, -0.25) is 9.59 Å². The minimum Gasteiger partial charge on any atom is -0.398 e. The Morgan fingerprint density at radius 1 is 1.24 bits per heavy atom. The number of nitrogens with one attached hydrogen (secondary N) is 1. The lowest BCUT2D eigenvalue weighted by molar-refractivity contribution is 0.0932. The molecule has 0 radical (unpaired) electrons. The van der Waals surface area contributed by atoms with Crippen LogP contribution in [0.25, 0.3) is 21.2 Å². The number of carbonyl (C=O) groups is 2. The van der Waals surface area contributed by atoms with Gasteiger partial charge in [-0.25, -0.2) is 0 Å². The van der Waals surface area contributed by atoms with Crippen LogP contribution in [0.4, 0.5) is 5.69 Å². The molecule has 1 unspecified atom stereocenters. The van der Waals surface area contributed by atoms with Gasteiger partial charge in [-0.15, -0.1) is 11.3 Å². The van der Waals surface area contributed by atoms with Gasteiger partial charge in [0, 0.05) is 28.7 Å². The average molecular weight is 408 g/mol. The Labute approximate surface area is 174 Å². The smallest absolute Gasteiger partial charge is 0.261 e. The highest BCUT2D eigenvalue weighted by molar-refractivity contribution is 7.17. The van der Waals surface area contributed by atoms with E-state index in [9.17, 15) is 9.59 Å². The molecule has 3 N–H and O–H groups in total. The minimum atomic E-state index is -0.0166. The number of benzene rings is 2. The van der Waals surface area contributed by atoms with Crippen LogP contribution in [0, 0.1) is 0 Å². The first-order valence-corrected chi connectivity index (χ1v) is 10.7. The van der Waals surface area contributed by atoms with Crippen LogP contribution in [0.5, 0.6) is 0 Å². The number of carbonyl (C=O) groups excluding carboxylic acids is 2. The van der Waals surface area contributed by atoms with Crippen molar-refractivity contribution in [1.82, 2.24) is 10.2 Å². The largest absolute Gasteiger partial charge is 0.398 e. The van der Waals surface area contributed by atoms with Gasteiger partial charge in [0.15, 0.2) is 6.29 Å². The van der Waals surface area contributed by atoms with Gasteiger partial charge in [-0.1, -0.05) is 24.6 Å². The van der Waals surface area contributed by atoms with E-state index in [1.54, 1.807) is 6.07 Å². The molecule has 2 aromatic carbocycles. The topological polar surface area (TPSA) is 75.4 Å². The molecule has 2 heterocycles. The zero-order valence-electron chi connectivity index (χ0n) is 16.5. The first-order chi connectivity index (χ1) is 14.1. The molecule has 0 saturated carbocycles. The van der Waals surface area contributed by atoms with Crippen LogP contribution >= 0.6 is 11.3 Å². The second-order valence-corrected chi connectivity index (χ2v) is 8.71. The number of fused-ring (bicyclic) bond motifs is 1. The highest BCUT2D eigenvalue weighted by Gasteiger charge is 2.20. The summed E-state index contributed by atoms with van der Waals surface area (Å²) in [5.74, 6) is -0.0166. The number of rotatable bonds is 5. The van der Waals surface area contributed by atoms with E-state index in [1.165, 1.54) is 24.2 Å². The second kappa shape index (κ2) is 8.35. The Hall–Kier alpha value is -2.70. The van der Waals surface area contributed by atoms with Crippen molar-refractivity contribution in [3.63, 3.8) is 0 Å². The molecule has 1 fully saturated rings. The number of likely N-dealkylation sites (N-methyl/N-ethyl adjacent to an activating group) is 1. The molecule has 6 heteroatoms. The summed E-state index contributed by atoms with van der Waals surface area (Å²) in [6, 6.07) is 13.9. The number of amides is 1. The average Bonchev–Trinajstić information content (AvgIpc) is 3.23.